The van der Waals surface area contributed by atoms with Crippen molar-refractivity contribution in [2.75, 3.05) is 12.0 Å². The second kappa shape index (κ2) is 4.18. The van der Waals surface area contributed by atoms with Gasteiger partial charge in [0.2, 0.25) is 0 Å². The van der Waals surface area contributed by atoms with Gasteiger partial charge in [-0.1, -0.05) is 31.5 Å². The molecular formula is C12H15N2. The van der Waals surface area contributed by atoms with Gasteiger partial charge < -0.3 is 5.43 Å². The number of hydrogen-bond acceptors (Lipinski definition) is 1. The maximum atomic E-state index is 3.33. The van der Waals surface area contributed by atoms with Crippen molar-refractivity contribution in [1.29, 1.82) is 0 Å². The number of unbranched alkanes of at least 4 members (excludes halogenated alkanes) is 1. The number of fused-ring (bicyclic) bond motifs is 1. The topological polar surface area (TPSA) is 17.0 Å². The van der Waals surface area contributed by atoms with Crippen LogP contribution in [0.3, 0.4) is 0 Å². The van der Waals surface area contributed by atoms with Crippen LogP contribution in [0.5, 0.6) is 0 Å². The van der Waals surface area contributed by atoms with Crippen molar-refractivity contribution in [2.24, 2.45) is 0 Å². The molecule has 2 rings (SSSR count). The van der Waals surface area contributed by atoms with E-state index in [4.69, 9.17) is 0 Å². The van der Waals surface area contributed by atoms with E-state index in [0.717, 1.165) is 6.54 Å². The van der Waals surface area contributed by atoms with Crippen molar-refractivity contribution < 1.29 is 0 Å². The fraction of sp³-hybridized carbons (Fsp3) is 0.333. The van der Waals surface area contributed by atoms with E-state index in [0.29, 0.717) is 0 Å². The average Bonchev–Trinajstić information content (AvgIpc) is 2.63. The van der Waals surface area contributed by atoms with Crippen LogP contribution in [-0.4, -0.2) is 11.2 Å². The number of hydrogen-bond donors (Lipinski definition) is 1. The highest BCUT2D eigenvalue weighted by Gasteiger charge is 1.98. The first kappa shape index (κ1) is 9.13. The molecule has 0 spiro atoms. The zero-order chi connectivity index (χ0) is 9.80. The zero-order valence-electron chi connectivity index (χ0n) is 8.46. The average molecular weight is 187 g/mol. The highest BCUT2D eigenvalue weighted by atomic mass is 15.4. The largest absolute Gasteiger partial charge is 0.325 e. The van der Waals surface area contributed by atoms with Gasteiger partial charge in [-0.25, -0.2) is 0 Å². The van der Waals surface area contributed by atoms with Gasteiger partial charge >= 0.3 is 0 Å². The van der Waals surface area contributed by atoms with Crippen molar-refractivity contribution in [2.45, 2.75) is 19.8 Å². The minimum Gasteiger partial charge on any atom is -0.325 e. The highest BCUT2D eigenvalue weighted by Crippen LogP contribution is 2.12. The molecule has 2 heteroatoms. The predicted octanol–water partition coefficient (Wildman–Crippen LogP) is 2.79. The summed E-state index contributed by atoms with van der Waals surface area (Å²) < 4.78 is 1.98. The molecule has 14 heavy (non-hydrogen) atoms. The quantitative estimate of drug-likeness (QED) is 0.728. The summed E-state index contributed by atoms with van der Waals surface area (Å²) in [5, 5.41) is 1.23. The van der Waals surface area contributed by atoms with Crippen LogP contribution in [-0.2, 0) is 0 Å². The molecule has 0 unspecified atom stereocenters. The molecule has 1 heterocycles. The lowest BCUT2D eigenvalue weighted by Crippen LogP contribution is -2.14. The van der Waals surface area contributed by atoms with Crippen LogP contribution in [0.4, 0.5) is 0 Å². The number of aromatic nitrogens is 1. The predicted molar refractivity (Wildman–Crippen MR) is 59.9 cm³/mol. The van der Waals surface area contributed by atoms with Crippen molar-refractivity contribution in [3.8, 4) is 0 Å². The van der Waals surface area contributed by atoms with Crippen molar-refractivity contribution >= 4 is 10.9 Å². The molecule has 1 aromatic heterocycles. The lowest BCUT2D eigenvalue weighted by Gasteiger charge is -2.07. The Balaban J connectivity index is 2.17. The summed E-state index contributed by atoms with van der Waals surface area (Å²) in [5.41, 5.74) is 4.53. The summed E-state index contributed by atoms with van der Waals surface area (Å²) in [6.07, 6.45) is 5.59. The molecule has 1 aromatic carbocycles. The Morgan fingerprint density at radius 1 is 1.36 bits per heavy atom. The van der Waals surface area contributed by atoms with Crippen molar-refractivity contribution in [3.05, 3.63) is 36.5 Å². The van der Waals surface area contributed by atoms with E-state index >= 15 is 0 Å². The normalized spacial score (nSPS) is 10.6. The third-order valence-electron chi connectivity index (χ3n) is 2.33. The van der Waals surface area contributed by atoms with E-state index in [9.17, 15) is 0 Å². The maximum Gasteiger partial charge on any atom is 0.0890 e. The van der Waals surface area contributed by atoms with Gasteiger partial charge in [-0.15, -0.1) is 0 Å². The Hall–Kier alpha value is -1.44. The minimum atomic E-state index is 1.01. The molecule has 1 N–H and O–H groups in total. The van der Waals surface area contributed by atoms with Crippen LogP contribution in [0.2, 0.25) is 0 Å². The number of rotatable bonds is 4. The van der Waals surface area contributed by atoms with Crippen LogP contribution in [0.15, 0.2) is 30.3 Å². The van der Waals surface area contributed by atoms with Crippen LogP contribution < -0.4 is 5.43 Å². The van der Waals surface area contributed by atoms with E-state index in [-0.39, 0.29) is 0 Å². The monoisotopic (exact) mass is 187 g/mol. The first-order valence-electron chi connectivity index (χ1n) is 5.14. The van der Waals surface area contributed by atoms with E-state index in [1.165, 1.54) is 23.7 Å². The highest BCUT2D eigenvalue weighted by molar-refractivity contribution is 5.79. The second-order valence-corrected chi connectivity index (χ2v) is 3.43. The molecular weight excluding hydrogens is 172 g/mol. The van der Waals surface area contributed by atoms with E-state index in [2.05, 4.69) is 30.7 Å². The Bertz CT molecular complexity index is 403. The standard InChI is InChI=1S/C12H15N2/c1-2-3-9-13-14-10-8-11-6-4-5-7-12(11)14/h4-8,13H,2-3,9H2,1H3. The number of nitrogens with one attached hydrogen (secondary N) is 1. The molecule has 0 saturated carbocycles. The Kier molecular flexibility index (Phi) is 2.73. The van der Waals surface area contributed by atoms with Gasteiger partial charge in [0.05, 0.1) is 11.7 Å². The molecule has 2 aromatic rings. The molecule has 1 radical (unpaired) electrons. The molecule has 0 saturated heterocycles. The van der Waals surface area contributed by atoms with Gasteiger partial charge in [-0.2, -0.15) is 0 Å². The summed E-state index contributed by atoms with van der Waals surface area (Å²) in [6.45, 7) is 3.20. The van der Waals surface area contributed by atoms with Crippen LogP contribution >= 0.6 is 0 Å². The summed E-state index contributed by atoms with van der Waals surface area (Å²) in [6, 6.07) is 10.3. The van der Waals surface area contributed by atoms with Gasteiger partial charge in [-0.05, 0) is 18.6 Å². The SMILES string of the molecule is CCCCNn1[c]cc2ccccc21. The first-order chi connectivity index (χ1) is 6.92. The van der Waals surface area contributed by atoms with E-state index in [1.807, 2.05) is 22.9 Å². The molecule has 0 atom stereocenters. The zero-order valence-corrected chi connectivity index (χ0v) is 8.46. The van der Waals surface area contributed by atoms with Gasteiger partial charge in [0.15, 0.2) is 0 Å². The third kappa shape index (κ3) is 1.74. The van der Waals surface area contributed by atoms with Gasteiger partial charge in [0, 0.05) is 11.9 Å². The molecule has 0 aliphatic rings. The van der Waals surface area contributed by atoms with Crippen molar-refractivity contribution in [3.63, 3.8) is 0 Å². The molecule has 0 aliphatic carbocycles. The van der Waals surface area contributed by atoms with E-state index < -0.39 is 0 Å². The molecule has 0 amide bonds. The molecule has 0 aliphatic heterocycles. The van der Waals surface area contributed by atoms with Crippen molar-refractivity contribution in [1.82, 2.24) is 4.68 Å². The molecule has 0 bridgehead atoms. The minimum absolute atomic E-state index is 1.01. The summed E-state index contributed by atoms with van der Waals surface area (Å²) in [5.74, 6) is 0. The molecule has 73 valence electrons. The Labute approximate surface area is 84.5 Å². The Morgan fingerprint density at radius 2 is 2.21 bits per heavy atom. The van der Waals surface area contributed by atoms with Gasteiger partial charge in [-0.3, -0.25) is 4.68 Å². The number of benzene rings is 1. The third-order valence-corrected chi connectivity index (χ3v) is 2.33. The molecule has 0 fully saturated rings. The lowest BCUT2D eigenvalue weighted by molar-refractivity contribution is 0.763. The lowest BCUT2D eigenvalue weighted by atomic mass is 10.3. The van der Waals surface area contributed by atoms with Crippen LogP contribution in [0, 0.1) is 6.20 Å². The van der Waals surface area contributed by atoms with E-state index in [1.54, 1.807) is 0 Å². The van der Waals surface area contributed by atoms with Gasteiger partial charge in [0.25, 0.3) is 0 Å². The van der Waals surface area contributed by atoms with Gasteiger partial charge in [0.1, 0.15) is 0 Å². The summed E-state index contributed by atoms with van der Waals surface area (Å²) >= 11 is 0. The van der Waals surface area contributed by atoms with Crippen LogP contribution in [0.1, 0.15) is 19.8 Å². The summed E-state index contributed by atoms with van der Waals surface area (Å²) in [7, 11) is 0. The second-order valence-electron chi connectivity index (χ2n) is 3.43. The summed E-state index contributed by atoms with van der Waals surface area (Å²) in [4.78, 5) is 0. The van der Waals surface area contributed by atoms with Crippen LogP contribution in [0.25, 0.3) is 10.9 Å². The fourth-order valence-corrected chi connectivity index (χ4v) is 1.52. The number of para-hydroxylation sites is 1. The number of nitrogens with zero attached hydrogens (tertiary/aromatic N) is 1. The molecule has 2 nitrogen and oxygen atoms in total. The smallest absolute Gasteiger partial charge is 0.0890 e. The maximum absolute atomic E-state index is 3.33. The first-order valence-corrected chi connectivity index (χ1v) is 5.14. The Morgan fingerprint density at radius 3 is 3.07 bits per heavy atom. The fourth-order valence-electron chi connectivity index (χ4n) is 1.52.